The van der Waals surface area contributed by atoms with E-state index in [1.165, 1.54) is 12.1 Å². The van der Waals surface area contributed by atoms with Gasteiger partial charge >= 0.3 is 0 Å². The molecule has 8 heteroatoms. The second-order valence-corrected chi connectivity index (χ2v) is 8.21. The van der Waals surface area contributed by atoms with Gasteiger partial charge in [0.1, 0.15) is 17.4 Å². The van der Waals surface area contributed by atoms with Crippen molar-refractivity contribution >= 4 is 23.4 Å². The van der Waals surface area contributed by atoms with Crippen LogP contribution in [0.15, 0.2) is 54.1 Å². The van der Waals surface area contributed by atoms with Gasteiger partial charge in [-0.25, -0.2) is 0 Å². The molecule has 1 heterocycles. The quantitative estimate of drug-likeness (QED) is 0.213. The zero-order chi connectivity index (χ0) is 25.0. The number of hydrogen-bond acceptors (Lipinski definition) is 5. The minimum atomic E-state index is -0.542. The van der Waals surface area contributed by atoms with Crippen molar-refractivity contribution in [3.63, 3.8) is 0 Å². The largest absolute Gasteiger partial charge is 0.491 e. The molecule has 34 heavy (non-hydrogen) atoms. The molecule has 0 aliphatic rings. The second kappa shape index (κ2) is 10.0. The van der Waals surface area contributed by atoms with Gasteiger partial charge in [-0.3, -0.25) is 14.9 Å². The van der Waals surface area contributed by atoms with Crippen molar-refractivity contribution in [3.05, 3.63) is 86.7 Å². The lowest BCUT2D eigenvalue weighted by molar-refractivity contribution is -0.385. The maximum absolute atomic E-state index is 12.8. The van der Waals surface area contributed by atoms with Crippen LogP contribution in [0.25, 0.3) is 11.8 Å². The lowest BCUT2D eigenvalue weighted by atomic mass is 10.1. The Morgan fingerprint density at radius 2 is 1.91 bits per heavy atom. The highest BCUT2D eigenvalue weighted by molar-refractivity contribution is 6.09. The average Bonchev–Trinajstić information content (AvgIpc) is 3.04. The van der Waals surface area contributed by atoms with E-state index in [0.717, 1.165) is 11.4 Å². The zero-order valence-corrected chi connectivity index (χ0v) is 19.7. The van der Waals surface area contributed by atoms with Crippen molar-refractivity contribution in [2.45, 2.75) is 40.7 Å². The van der Waals surface area contributed by atoms with Crippen LogP contribution in [0.5, 0.6) is 5.75 Å². The molecule has 0 aliphatic carbocycles. The van der Waals surface area contributed by atoms with Gasteiger partial charge < -0.3 is 14.6 Å². The van der Waals surface area contributed by atoms with Gasteiger partial charge in [0, 0.05) is 34.8 Å². The molecule has 3 aromatic rings. The van der Waals surface area contributed by atoms with Crippen molar-refractivity contribution in [1.82, 2.24) is 4.57 Å². The van der Waals surface area contributed by atoms with Crippen LogP contribution >= 0.6 is 0 Å². The molecule has 174 valence electrons. The fourth-order valence-corrected chi connectivity index (χ4v) is 3.69. The third-order valence-corrected chi connectivity index (χ3v) is 5.25. The molecular formula is C26H26N4O4. The van der Waals surface area contributed by atoms with Gasteiger partial charge in [-0.2, -0.15) is 5.26 Å². The maximum Gasteiger partial charge on any atom is 0.274 e. The Bertz CT molecular complexity index is 1330. The summed E-state index contributed by atoms with van der Waals surface area (Å²) in [4.78, 5) is 23.7. The molecule has 8 nitrogen and oxygen atoms in total. The van der Waals surface area contributed by atoms with Gasteiger partial charge in [-0.05, 0) is 70.5 Å². The highest BCUT2D eigenvalue weighted by Crippen LogP contribution is 2.27. The molecule has 0 radical (unpaired) electrons. The van der Waals surface area contributed by atoms with E-state index in [-0.39, 0.29) is 17.4 Å². The first-order valence-electron chi connectivity index (χ1n) is 10.7. The zero-order valence-electron chi connectivity index (χ0n) is 19.7. The number of nitrogens with zero attached hydrogens (tertiary/aromatic N) is 3. The molecule has 0 fully saturated rings. The summed E-state index contributed by atoms with van der Waals surface area (Å²) in [6.07, 6.45) is 1.51. The summed E-state index contributed by atoms with van der Waals surface area (Å²) in [6.45, 7) is 9.21. The molecule has 0 saturated heterocycles. The van der Waals surface area contributed by atoms with Crippen molar-refractivity contribution < 1.29 is 14.5 Å². The number of nitro benzene ring substituents is 1. The number of hydrogen-bond donors (Lipinski definition) is 1. The lowest BCUT2D eigenvalue weighted by Gasteiger charge is -2.11. The number of ether oxygens (including phenoxy) is 1. The Morgan fingerprint density at radius 3 is 2.56 bits per heavy atom. The molecule has 1 N–H and O–H groups in total. The fraction of sp³-hybridized carbons (Fsp3) is 0.231. The number of anilines is 1. The maximum atomic E-state index is 12.8. The van der Waals surface area contributed by atoms with E-state index in [9.17, 15) is 20.2 Å². The molecule has 3 rings (SSSR count). The fourth-order valence-electron chi connectivity index (χ4n) is 3.69. The summed E-state index contributed by atoms with van der Waals surface area (Å²) in [5, 5.41) is 23.7. The van der Waals surface area contributed by atoms with Gasteiger partial charge in [0.05, 0.1) is 16.7 Å². The molecule has 0 unspecified atom stereocenters. The summed E-state index contributed by atoms with van der Waals surface area (Å²) in [7, 11) is 0. The third-order valence-electron chi connectivity index (χ3n) is 5.25. The first kappa shape index (κ1) is 24.3. The van der Waals surface area contributed by atoms with Crippen molar-refractivity contribution in [2.24, 2.45) is 0 Å². The summed E-state index contributed by atoms with van der Waals surface area (Å²) >= 11 is 0. The number of benzene rings is 2. The number of aromatic nitrogens is 1. The SMILES string of the molecule is Cc1ccc(-n2c(C)cc(/C=C(/C#N)C(=O)Nc3cccc(OC(C)C)c3)c2C)cc1[N+](=O)[O-]. The average molecular weight is 459 g/mol. The molecule has 1 amide bonds. The van der Waals surface area contributed by atoms with Crippen molar-refractivity contribution in [3.8, 4) is 17.5 Å². The monoisotopic (exact) mass is 458 g/mol. The molecule has 0 atom stereocenters. The minimum Gasteiger partial charge on any atom is -0.491 e. The van der Waals surface area contributed by atoms with Gasteiger partial charge in [0.2, 0.25) is 0 Å². The van der Waals surface area contributed by atoms with E-state index >= 15 is 0 Å². The van der Waals surface area contributed by atoms with E-state index in [4.69, 9.17) is 4.74 Å². The summed E-state index contributed by atoms with van der Waals surface area (Å²) < 4.78 is 7.51. The molecule has 2 aromatic carbocycles. The first-order chi connectivity index (χ1) is 16.1. The second-order valence-electron chi connectivity index (χ2n) is 8.21. The Hall–Kier alpha value is -4.38. The lowest BCUT2D eigenvalue weighted by Crippen LogP contribution is -2.14. The molecule has 0 bridgehead atoms. The number of carbonyl (C=O) groups is 1. The number of nitriles is 1. The number of amides is 1. The van der Waals surface area contributed by atoms with Crippen LogP contribution in [-0.4, -0.2) is 21.5 Å². The Labute approximate surface area is 198 Å². The Morgan fingerprint density at radius 1 is 1.18 bits per heavy atom. The number of nitrogens with one attached hydrogen (secondary N) is 1. The van der Waals surface area contributed by atoms with E-state index in [1.807, 2.05) is 44.4 Å². The molecule has 0 aliphatic heterocycles. The van der Waals surface area contributed by atoms with Crippen molar-refractivity contribution in [1.29, 1.82) is 5.26 Å². The normalized spacial score (nSPS) is 11.3. The molecule has 0 saturated carbocycles. The predicted molar refractivity (Wildman–Crippen MR) is 131 cm³/mol. The number of rotatable bonds is 7. The summed E-state index contributed by atoms with van der Waals surface area (Å²) in [6, 6.07) is 15.8. The number of carbonyl (C=O) groups excluding carboxylic acids is 1. The van der Waals surface area contributed by atoms with Crippen molar-refractivity contribution in [2.75, 3.05) is 5.32 Å². The standard InChI is InChI=1S/C26H26N4O4/c1-16(2)34-24-8-6-7-22(13-24)28-26(31)21(15-27)12-20-11-18(4)29(19(20)5)23-10-9-17(3)25(14-23)30(32)33/h6-14,16H,1-5H3,(H,28,31)/b21-12-. The van der Waals surface area contributed by atoms with Gasteiger partial charge in [-0.15, -0.1) is 0 Å². The third kappa shape index (κ3) is 5.33. The topological polar surface area (TPSA) is 110 Å². The van der Waals surface area contributed by atoms with E-state index in [0.29, 0.717) is 28.3 Å². The van der Waals surface area contributed by atoms with Crippen LogP contribution in [0.2, 0.25) is 0 Å². The smallest absolute Gasteiger partial charge is 0.274 e. The van der Waals surface area contributed by atoms with E-state index < -0.39 is 10.8 Å². The summed E-state index contributed by atoms with van der Waals surface area (Å²) in [5.74, 6) is 0.0750. The van der Waals surface area contributed by atoms with Crippen LogP contribution in [0, 0.1) is 42.2 Å². The van der Waals surface area contributed by atoms with E-state index in [1.54, 1.807) is 43.3 Å². The number of aryl methyl sites for hydroxylation is 2. The molecule has 0 spiro atoms. The Kier molecular flexibility index (Phi) is 7.17. The number of nitro groups is 1. The van der Waals surface area contributed by atoms with Crippen LogP contribution in [0.3, 0.4) is 0 Å². The first-order valence-corrected chi connectivity index (χ1v) is 10.7. The van der Waals surface area contributed by atoms with Gasteiger partial charge in [0.25, 0.3) is 11.6 Å². The van der Waals surface area contributed by atoms with Gasteiger partial charge in [0.15, 0.2) is 0 Å². The predicted octanol–water partition coefficient (Wildman–Crippen LogP) is 5.64. The van der Waals surface area contributed by atoms with E-state index in [2.05, 4.69) is 5.32 Å². The summed E-state index contributed by atoms with van der Waals surface area (Å²) in [5.41, 5.74) is 3.93. The highest BCUT2D eigenvalue weighted by atomic mass is 16.6. The van der Waals surface area contributed by atoms with Crippen LogP contribution < -0.4 is 10.1 Å². The minimum absolute atomic E-state index is 0.00858. The molecule has 1 aromatic heterocycles. The highest BCUT2D eigenvalue weighted by Gasteiger charge is 2.17. The molecular weight excluding hydrogens is 432 g/mol. The van der Waals surface area contributed by atoms with Crippen LogP contribution in [0.1, 0.15) is 36.4 Å². The Balaban J connectivity index is 1.92. The van der Waals surface area contributed by atoms with Gasteiger partial charge in [-0.1, -0.05) is 12.1 Å². The van der Waals surface area contributed by atoms with Crippen LogP contribution in [0.4, 0.5) is 11.4 Å². The van der Waals surface area contributed by atoms with Crippen LogP contribution in [-0.2, 0) is 4.79 Å².